The van der Waals surface area contributed by atoms with Gasteiger partial charge in [0.15, 0.2) is 16.6 Å². The number of urea groups is 1. The number of rotatable bonds is 5. The first kappa shape index (κ1) is 26.1. The maximum atomic E-state index is 12.9. The highest BCUT2D eigenvalue weighted by Crippen LogP contribution is 2.29. The molecular formula is C22H24Cl2N10O3. The molecular weight excluding hydrogens is 523 g/mol. The van der Waals surface area contributed by atoms with Crippen LogP contribution in [0.15, 0.2) is 36.9 Å². The van der Waals surface area contributed by atoms with E-state index in [1.807, 2.05) is 0 Å². The Hall–Kier alpha value is -3.97. The molecule has 1 atom stereocenters. The van der Waals surface area contributed by atoms with Crippen molar-refractivity contribution in [2.45, 2.75) is 39.3 Å². The van der Waals surface area contributed by atoms with Crippen LogP contribution in [0.2, 0.25) is 10.2 Å². The molecule has 0 radical (unpaired) electrons. The molecule has 0 aliphatic rings. The number of hydrogen-bond acceptors (Lipinski definition) is 8. The molecule has 194 valence electrons. The van der Waals surface area contributed by atoms with Gasteiger partial charge in [-0.2, -0.15) is 15.3 Å². The van der Waals surface area contributed by atoms with Gasteiger partial charge in [-0.3, -0.25) is 0 Å². The van der Waals surface area contributed by atoms with E-state index in [-0.39, 0.29) is 10.2 Å². The summed E-state index contributed by atoms with van der Waals surface area (Å²) in [7, 11) is 1.59. The molecule has 13 nitrogen and oxygen atoms in total. The van der Waals surface area contributed by atoms with E-state index in [9.17, 15) is 9.59 Å². The third-order valence-electron chi connectivity index (χ3n) is 5.08. The molecule has 15 heteroatoms. The van der Waals surface area contributed by atoms with Crippen molar-refractivity contribution in [1.29, 1.82) is 0 Å². The van der Waals surface area contributed by atoms with E-state index >= 15 is 0 Å². The van der Waals surface area contributed by atoms with Crippen LogP contribution in [0.4, 0.5) is 21.0 Å². The first-order valence-corrected chi connectivity index (χ1v) is 11.8. The Bertz CT molecular complexity index is 1450. The molecule has 4 heterocycles. The number of carbonyl (C=O) groups is 2. The molecule has 0 aromatic carbocycles. The van der Waals surface area contributed by atoms with E-state index in [0.29, 0.717) is 28.5 Å². The maximum absolute atomic E-state index is 12.9. The van der Waals surface area contributed by atoms with Crippen LogP contribution in [-0.4, -0.2) is 64.2 Å². The monoisotopic (exact) mass is 546 g/mol. The van der Waals surface area contributed by atoms with Crippen molar-refractivity contribution in [3.05, 3.63) is 52.8 Å². The number of aromatic nitrogens is 7. The van der Waals surface area contributed by atoms with E-state index in [2.05, 4.69) is 35.9 Å². The zero-order valence-electron chi connectivity index (χ0n) is 20.6. The van der Waals surface area contributed by atoms with E-state index < -0.39 is 23.8 Å². The molecule has 0 saturated carbocycles. The predicted octanol–water partition coefficient (Wildman–Crippen LogP) is 4.58. The highest BCUT2D eigenvalue weighted by atomic mass is 35.5. The summed E-state index contributed by atoms with van der Waals surface area (Å²) >= 11 is 12.4. The topological polar surface area (TPSA) is 144 Å². The second-order valence-electron chi connectivity index (χ2n) is 8.99. The fourth-order valence-corrected chi connectivity index (χ4v) is 3.77. The minimum absolute atomic E-state index is 0.204. The number of carbonyl (C=O) groups excluding carboxylic acids is 2. The van der Waals surface area contributed by atoms with E-state index in [1.54, 1.807) is 40.8 Å². The lowest BCUT2D eigenvalue weighted by molar-refractivity contribution is 0.0230. The van der Waals surface area contributed by atoms with Gasteiger partial charge in [0.25, 0.3) is 0 Å². The number of nitrogens with one attached hydrogen (secondary N) is 2. The molecule has 0 fully saturated rings. The highest BCUT2D eigenvalue weighted by molar-refractivity contribution is 6.32. The van der Waals surface area contributed by atoms with Crippen LogP contribution in [0.5, 0.6) is 0 Å². The average molecular weight is 547 g/mol. The summed E-state index contributed by atoms with van der Waals surface area (Å²) in [5.74, 6) is 0.309. The van der Waals surface area contributed by atoms with Gasteiger partial charge in [0.2, 0.25) is 0 Å². The van der Waals surface area contributed by atoms with Crippen LogP contribution in [-0.2, 0) is 4.74 Å². The van der Waals surface area contributed by atoms with Crippen molar-refractivity contribution < 1.29 is 14.3 Å². The lowest BCUT2D eigenvalue weighted by Crippen LogP contribution is -2.37. The minimum atomic E-state index is -0.688. The van der Waals surface area contributed by atoms with Gasteiger partial charge in [-0.1, -0.05) is 23.2 Å². The molecule has 0 aliphatic carbocycles. The van der Waals surface area contributed by atoms with Gasteiger partial charge >= 0.3 is 12.1 Å². The smallest absolute Gasteiger partial charge is 0.410 e. The number of anilines is 2. The molecule has 0 spiro atoms. The van der Waals surface area contributed by atoms with Crippen molar-refractivity contribution in [1.82, 2.24) is 39.5 Å². The Kier molecular flexibility index (Phi) is 7.18. The van der Waals surface area contributed by atoms with E-state index in [0.717, 1.165) is 0 Å². The molecule has 4 rings (SSSR count). The Labute approximate surface area is 221 Å². The van der Waals surface area contributed by atoms with Gasteiger partial charge in [-0.15, -0.1) is 4.80 Å². The fraction of sp³-hybridized carbons (Fsp3) is 0.318. The second-order valence-corrected chi connectivity index (χ2v) is 9.78. The lowest BCUT2D eigenvalue weighted by atomic mass is 10.1. The summed E-state index contributed by atoms with van der Waals surface area (Å²) in [6.07, 6.45) is 5.31. The molecule has 37 heavy (non-hydrogen) atoms. The van der Waals surface area contributed by atoms with E-state index in [1.165, 1.54) is 45.1 Å². The van der Waals surface area contributed by atoms with Gasteiger partial charge in [0.05, 0.1) is 52.9 Å². The molecule has 0 aliphatic heterocycles. The molecule has 2 N–H and O–H groups in total. The highest BCUT2D eigenvalue weighted by Gasteiger charge is 2.28. The number of halogens is 2. The summed E-state index contributed by atoms with van der Waals surface area (Å²) in [4.78, 5) is 36.8. The Morgan fingerprint density at radius 2 is 1.78 bits per heavy atom. The van der Waals surface area contributed by atoms with Gasteiger partial charge in [-0.05, 0) is 33.8 Å². The van der Waals surface area contributed by atoms with Crippen LogP contribution >= 0.6 is 23.2 Å². The molecule has 0 unspecified atom stereocenters. The van der Waals surface area contributed by atoms with Gasteiger partial charge in [0.1, 0.15) is 5.60 Å². The molecule has 0 bridgehead atoms. The summed E-state index contributed by atoms with van der Waals surface area (Å²) in [6.45, 7) is 7.09. The van der Waals surface area contributed by atoms with Crippen LogP contribution in [0.1, 0.15) is 39.4 Å². The molecule has 4 aromatic rings. The van der Waals surface area contributed by atoms with Gasteiger partial charge in [0, 0.05) is 13.1 Å². The summed E-state index contributed by atoms with van der Waals surface area (Å²) < 4.78 is 6.96. The zero-order chi connectivity index (χ0) is 26.9. The van der Waals surface area contributed by atoms with Crippen molar-refractivity contribution in [3.8, 4) is 5.82 Å². The Morgan fingerprint density at radius 3 is 2.43 bits per heavy atom. The van der Waals surface area contributed by atoms with Crippen molar-refractivity contribution in [2.75, 3.05) is 17.7 Å². The summed E-state index contributed by atoms with van der Waals surface area (Å²) in [5.41, 5.74) is 0.831. The fourth-order valence-electron chi connectivity index (χ4n) is 3.35. The Morgan fingerprint density at radius 1 is 1.08 bits per heavy atom. The Balaban J connectivity index is 1.60. The maximum Gasteiger partial charge on any atom is 0.410 e. The number of nitrogens with zero attached hydrogens (tertiary/aromatic N) is 8. The largest absolute Gasteiger partial charge is 0.444 e. The molecule has 3 amide bonds. The van der Waals surface area contributed by atoms with Crippen molar-refractivity contribution >= 4 is 52.3 Å². The number of pyridine rings is 1. The van der Waals surface area contributed by atoms with Crippen molar-refractivity contribution in [3.63, 3.8) is 0 Å². The van der Waals surface area contributed by atoms with Crippen LogP contribution in [0, 0.1) is 0 Å². The molecule has 4 aromatic heterocycles. The minimum Gasteiger partial charge on any atom is -0.444 e. The normalized spacial score (nSPS) is 12.3. The number of fused-ring (bicyclic) bond motifs is 1. The van der Waals surface area contributed by atoms with Gasteiger partial charge < -0.3 is 20.3 Å². The standard InChI is InChI=1S/C22H24Cl2N10O3/c1-12(32(5)21(36)37-22(2,3)4)18-15(11-25-17-9-16(24)31-33(17)18)30-20(35)29-13-8-14(23)19(26-10-13)34-27-6-7-28-34/h6-12H,1-5H3,(H2,29,30,35)/t12-/m0/s1. The van der Waals surface area contributed by atoms with Crippen LogP contribution < -0.4 is 10.6 Å². The van der Waals surface area contributed by atoms with Crippen LogP contribution in [0.3, 0.4) is 0 Å². The van der Waals surface area contributed by atoms with Gasteiger partial charge in [-0.25, -0.2) is 24.1 Å². The number of amides is 3. The summed E-state index contributed by atoms with van der Waals surface area (Å²) in [6, 6.07) is 1.89. The first-order valence-electron chi connectivity index (χ1n) is 11.0. The lowest BCUT2D eigenvalue weighted by Gasteiger charge is -2.29. The third-order valence-corrected chi connectivity index (χ3v) is 5.55. The van der Waals surface area contributed by atoms with E-state index in [4.69, 9.17) is 27.9 Å². The second kappa shape index (κ2) is 10.2. The summed E-state index contributed by atoms with van der Waals surface area (Å²) in [5, 5.41) is 18.1. The number of ether oxygens (including phenoxy) is 1. The predicted molar refractivity (Wildman–Crippen MR) is 137 cm³/mol. The van der Waals surface area contributed by atoms with Crippen LogP contribution in [0.25, 0.3) is 11.5 Å². The quantitative estimate of drug-likeness (QED) is 0.369. The SMILES string of the molecule is C[C@@H](c1c(NC(=O)Nc2cnc(-n3nccn3)c(Cl)c2)cnc2cc(Cl)nn12)N(C)C(=O)OC(C)(C)C. The molecule has 0 saturated heterocycles. The van der Waals surface area contributed by atoms with Crippen molar-refractivity contribution in [2.24, 2.45) is 0 Å². The third kappa shape index (κ3) is 5.89. The first-order chi connectivity index (χ1) is 17.4. The zero-order valence-corrected chi connectivity index (χ0v) is 22.1. The average Bonchev–Trinajstić information content (AvgIpc) is 3.46. The number of hydrogen-bond donors (Lipinski definition) is 2.